The van der Waals surface area contributed by atoms with Crippen molar-refractivity contribution in [3.05, 3.63) is 0 Å². The SMILES string of the molecule is NC(=O)C1(O)CCCSC1. The van der Waals surface area contributed by atoms with Crippen molar-refractivity contribution in [2.24, 2.45) is 5.73 Å². The minimum Gasteiger partial charge on any atom is -0.379 e. The molecule has 0 bridgehead atoms. The van der Waals surface area contributed by atoms with Crippen LogP contribution < -0.4 is 5.73 Å². The van der Waals surface area contributed by atoms with Gasteiger partial charge in [0.05, 0.1) is 0 Å². The summed E-state index contributed by atoms with van der Waals surface area (Å²) in [6.07, 6.45) is 1.40. The van der Waals surface area contributed by atoms with E-state index in [0.29, 0.717) is 12.2 Å². The minimum absolute atomic E-state index is 0.461. The maximum atomic E-state index is 10.6. The molecule has 1 aliphatic heterocycles. The molecule has 4 heteroatoms. The minimum atomic E-state index is -1.22. The standard InChI is InChI=1S/C6H11NO2S/c7-5(8)6(9)2-1-3-10-4-6/h9H,1-4H2,(H2,7,8). The Balaban J connectivity index is 2.56. The van der Waals surface area contributed by atoms with Crippen LogP contribution in [0.1, 0.15) is 12.8 Å². The van der Waals surface area contributed by atoms with Crippen LogP contribution >= 0.6 is 11.8 Å². The van der Waals surface area contributed by atoms with Crippen molar-refractivity contribution in [1.29, 1.82) is 0 Å². The highest BCUT2D eigenvalue weighted by molar-refractivity contribution is 7.99. The summed E-state index contributed by atoms with van der Waals surface area (Å²) in [6.45, 7) is 0. The van der Waals surface area contributed by atoms with Gasteiger partial charge in [0.2, 0.25) is 5.91 Å². The molecule has 1 rings (SSSR count). The van der Waals surface area contributed by atoms with E-state index in [2.05, 4.69) is 0 Å². The Bertz CT molecular complexity index is 143. The topological polar surface area (TPSA) is 63.3 Å². The van der Waals surface area contributed by atoms with Crippen molar-refractivity contribution in [2.45, 2.75) is 18.4 Å². The fourth-order valence-corrected chi connectivity index (χ4v) is 2.09. The summed E-state index contributed by atoms with van der Waals surface area (Å²) >= 11 is 1.58. The van der Waals surface area contributed by atoms with E-state index in [9.17, 15) is 9.90 Å². The number of primary amides is 1. The summed E-state index contributed by atoms with van der Waals surface area (Å²) in [7, 11) is 0. The molecule has 1 amide bonds. The van der Waals surface area contributed by atoms with Gasteiger partial charge in [-0.15, -0.1) is 0 Å². The Morgan fingerprint density at radius 3 is 2.70 bits per heavy atom. The summed E-state index contributed by atoms with van der Waals surface area (Å²) < 4.78 is 0. The summed E-state index contributed by atoms with van der Waals surface area (Å²) in [6, 6.07) is 0. The third kappa shape index (κ3) is 1.44. The zero-order valence-electron chi connectivity index (χ0n) is 5.67. The highest BCUT2D eigenvalue weighted by Crippen LogP contribution is 2.25. The van der Waals surface area contributed by atoms with Gasteiger partial charge in [-0.3, -0.25) is 4.79 Å². The summed E-state index contributed by atoms with van der Waals surface area (Å²) in [5, 5.41) is 9.45. The largest absolute Gasteiger partial charge is 0.379 e. The fraction of sp³-hybridized carbons (Fsp3) is 0.833. The second kappa shape index (κ2) is 2.80. The maximum absolute atomic E-state index is 10.6. The lowest BCUT2D eigenvalue weighted by molar-refractivity contribution is -0.134. The van der Waals surface area contributed by atoms with E-state index in [1.807, 2.05) is 0 Å². The van der Waals surface area contributed by atoms with Gasteiger partial charge in [-0.2, -0.15) is 11.8 Å². The van der Waals surface area contributed by atoms with E-state index >= 15 is 0 Å². The molecule has 0 aliphatic carbocycles. The Morgan fingerprint density at radius 1 is 1.70 bits per heavy atom. The van der Waals surface area contributed by atoms with Gasteiger partial charge >= 0.3 is 0 Å². The van der Waals surface area contributed by atoms with Crippen molar-refractivity contribution in [3.63, 3.8) is 0 Å². The molecule has 1 atom stereocenters. The molecular weight excluding hydrogens is 150 g/mol. The van der Waals surface area contributed by atoms with Crippen LogP contribution in [0.3, 0.4) is 0 Å². The molecular formula is C6H11NO2S. The molecule has 3 nitrogen and oxygen atoms in total. The highest BCUT2D eigenvalue weighted by atomic mass is 32.2. The molecule has 1 aliphatic rings. The Hall–Kier alpha value is -0.220. The molecule has 0 spiro atoms. The molecule has 10 heavy (non-hydrogen) atoms. The first-order valence-corrected chi connectivity index (χ1v) is 4.41. The molecule has 0 aromatic carbocycles. The first-order valence-electron chi connectivity index (χ1n) is 3.25. The Morgan fingerprint density at radius 2 is 2.40 bits per heavy atom. The fourth-order valence-electron chi connectivity index (χ4n) is 0.974. The van der Waals surface area contributed by atoms with Crippen LogP contribution in [0.2, 0.25) is 0 Å². The van der Waals surface area contributed by atoms with Gasteiger partial charge in [0.25, 0.3) is 0 Å². The predicted octanol–water partition coefficient (Wildman–Crippen LogP) is -0.270. The molecule has 0 aromatic rings. The predicted molar refractivity (Wildman–Crippen MR) is 40.7 cm³/mol. The zero-order chi connectivity index (χ0) is 7.61. The molecule has 58 valence electrons. The van der Waals surface area contributed by atoms with Gasteiger partial charge in [0, 0.05) is 5.75 Å². The van der Waals surface area contributed by atoms with Gasteiger partial charge in [-0.25, -0.2) is 0 Å². The average Bonchev–Trinajstić information content (AvgIpc) is 1.89. The van der Waals surface area contributed by atoms with Gasteiger partial charge in [-0.1, -0.05) is 0 Å². The summed E-state index contributed by atoms with van der Waals surface area (Å²) in [5.41, 5.74) is 3.78. The summed E-state index contributed by atoms with van der Waals surface area (Å²) in [4.78, 5) is 10.6. The third-order valence-corrected chi connectivity index (χ3v) is 2.94. The van der Waals surface area contributed by atoms with Crippen molar-refractivity contribution < 1.29 is 9.90 Å². The van der Waals surface area contributed by atoms with E-state index in [1.165, 1.54) is 0 Å². The number of aliphatic hydroxyl groups is 1. The molecule has 1 saturated heterocycles. The lowest BCUT2D eigenvalue weighted by Crippen LogP contribution is -2.47. The van der Waals surface area contributed by atoms with Crippen LogP contribution in [0.25, 0.3) is 0 Å². The normalized spacial score (nSPS) is 33.7. The maximum Gasteiger partial charge on any atom is 0.250 e. The van der Waals surface area contributed by atoms with Crippen molar-refractivity contribution in [2.75, 3.05) is 11.5 Å². The number of carbonyl (C=O) groups excluding carboxylic acids is 1. The number of hydrogen-bond donors (Lipinski definition) is 2. The smallest absolute Gasteiger partial charge is 0.250 e. The monoisotopic (exact) mass is 161 g/mol. The Labute approximate surface area is 64.0 Å². The van der Waals surface area contributed by atoms with Crippen molar-refractivity contribution in [1.82, 2.24) is 0 Å². The quantitative estimate of drug-likeness (QED) is 0.556. The lowest BCUT2D eigenvalue weighted by Gasteiger charge is -2.27. The molecule has 1 heterocycles. The van der Waals surface area contributed by atoms with Crippen LogP contribution in [0.15, 0.2) is 0 Å². The molecule has 1 fully saturated rings. The van der Waals surface area contributed by atoms with Crippen LogP contribution in [-0.4, -0.2) is 28.1 Å². The van der Waals surface area contributed by atoms with Gasteiger partial charge < -0.3 is 10.8 Å². The Kier molecular flexibility index (Phi) is 2.21. The number of nitrogens with two attached hydrogens (primary N) is 1. The van der Waals surface area contributed by atoms with Crippen LogP contribution in [0.4, 0.5) is 0 Å². The first-order chi connectivity index (χ1) is 4.65. The molecule has 3 N–H and O–H groups in total. The number of hydrogen-bond acceptors (Lipinski definition) is 3. The third-order valence-electron chi connectivity index (χ3n) is 1.68. The van der Waals surface area contributed by atoms with Gasteiger partial charge in [-0.05, 0) is 18.6 Å². The van der Waals surface area contributed by atoms with Gasteiger partial charge in [0.15, 0.2) is 5.60 Å². The average molecular weight is 161 g/mol. The first kappa shape index (κ1) is 7.88. The van der Waals surface area contributed by atoms with E-state index < -0.39 is 11.5 Å². The molecule has 0 aromatic heterocycles. The van der Waals surface area contributed by atoms with Crippen molar-refractivity contribution in [3.8, 4) is 0 Å². The zero-order valence-corrected chi connectivity index (χ0v) is 6.49. The number of amides is 1. The van der Waals surface area contributed by atoms with Crippen molar-refractivity contribution >= 4 is 17.7 Å². The van der Waals surface area contributed by atoms with E-state index in [4.69, 9.17) is 5.73 Å². The van der Waals surface area contributed by atoms with Crippen LogP contribution in [0, 0.1) is 0 Å². The summed E-state index contributed by atoms with van der Waals surface area (Å²) in [5.74, 6) is 0.900. The van der Waals surface area contributed by atoms with E-state index in [0.717, 1.165) is 12.2 Å². The molecule has 0 saturated carbocycles. The second-order valence-corrected chi connectivity index (χ2v) is 3.66. The highest BCUT2D eigenvalue weighted by Gasteiger charge is 2.35. The molecule has 1 unspecified atom stereocenters. The lowest BCUT2D eigenvalue weighted by atomic mass is 10.00. The molecule has 0 radical (unpaired) electrons. The van der Waals surface area contributed by atoms with E-state index in [1.54, 1.807) is 11.8 Å². The number of rotatable bonds is 1. The second-order valence-electron chi connectivity index (χ2n) is 2.55. The van der Waals surface area contributed by atoms with Crippen LogP contribution in [0.5, 0.6) is 0 Å². The van der Waals surface area contributed by atoms with Crippen LogP contribution in [-0.2, 0) is 4.79 Å². The number of thioether (sulfide) groups is 1. The number of carbonyl (C=O) groups is 1. The van der Waals surface area contributed by atoms with E-state index in [-0.39, 0.29) is 0 Å². The van der Waals surface area contributed by atoms with Gasteiger partial charge in [0.1, 0.15) is 0 Å².